The Balaban J connectivity index is 1.60. The molecule has 0 aliphatic carbocycles. The largest absolute Gasteiger partial charge is 0.481 e. The Labute approximate surface area is 158 Å². The van der Waals surface area contributed by atoms with Crippen LogP contribution in [0.1, 0.15) is 18.4 Å². The molecule has 1 aromatic carbocycles. The molecule has 0 unspecified atom stereocenters. The topological polar surface area (TPSA) is 41.5 Å². The predicted molar refractivity (Wildman–Crippen MR) is 102 cm³/mol. The van der Waals surface area contributed by atoms with Gasteiger partial charge in [0.1, 0.15) is 12.1 Å². The average Bonchev–Trinajstić information content (AvgIpc) is 2.65. The molecule has 0 bridgehead atoms. The monoisotopic (exact) mass is 380 g/mol. The Hall–Kier alpha value is -1.56. The van der Waals surface area contributed by atoms with Crippen LogP contribution in [0.2, 0.25) is 10.0 Å². The summed E-state index contributed by atoms with van der Waals surface area (Å²) in [6, 6.07) is 8.03. The predicted octanol–water partition coefficient (Wildman–Crippen LogP) is 3.89. The second-order valence-corrected chi connectivity index (χ2v) is 7.07. The fourth-order valence-corrected chi connectivity index (χ4v) is 3.73. The van der Waals surface area contributed by atoms with Crippen LogP contribution >= 0.6 is 23.2 Å². The Morgan fingerprint density at radius 1 is 1.20 bits per heavy atom. The number of hydrogen-bond acceptors (Lipinski definition) is 5. The number of benzene rings is 1. The first-order valence-corrected chi connectivity index (χ1v) is 9.08. The van der Waals surface area contributed by atoms with Crippen molar-refractivity contribution in [3.63, 3.8) is 0 Å². The second kappa shape index (κ2) is 8.21. The molecule has 0 saturated carbocycles. The number of ether oxygens (including phenoxy) is 1. The third-order valence-corrected chi connectivity index (χ3v) is 5.43. The normalized spacial score (nSPS) is 15.6. The van der Waals surface area contributed by atoms with Crippen molar-refractivity contribution in [2.45, 2.75) is 25.4 Å². The molecule has 1 aliphatic rings. The van der Waals surface area contributed by atoms with E-state index in [-0.39, 0.29) is 0 Å². The van der Waals surface area contributed by atoms with Crippen LogP contribution in [0, 0.1) is 0 Å². The fraction of sp³-hybridized carbons (Fsp3) is 0.444. The zero-order valence-corrected chi connectivity index (χ0v) is 16.0. The van der Waals surface area contributed by atoms with Crippen molar-refractivity contribution >= 4 is 29.0 Å². The Kier molecular flexibility index (Phi) is 5.99. The first-order valence-electron chi connectivity index (χ1n) is 8.32. The highest BCUT2D eigenvalue weighted by Gasteiger charge is 2.24. The molecule has 5 nitrogen and oxygen atoms in total. The van der Waals surface area contributed by atoms with Gasteiger partial charge in [0.05, 0.1) is 7.11 Å². The van der Waals surface area contributed by atoms with Crippen molar-refractivity contribution in [1.29, 1.82) is 0 Å². The van der Waals surface area contributed by atoms with Gasteiger partial charge in [-0.15, -0.1) is 0 Å². The minimum absolute atomic E-state index is 0.493. The van der Waals surface area contributed by atoms with Crippen molar-refractivity contribution in [2.75, 3.05) is 32.1 Å². The van der Waals surface area contributed by atoms with E-state index in [1.54, 1.807) is 13.4 Å². The van der Waals surface area contributed by atoms with Crippen molar-refractivity contribution in [3.05, 3.63) is 46.2 Å². The Morgan fingerprint density at radius 3 is 2.52 bits per heavy atom. The van der Waals surface area contributed by atoms with Gasteiger partial charge in [0.2, 0.25) is 5.88 Å². The first kappa shape index (κ1) is 18.2. The van der Waals surface area contributed by atoms with E-state index in [4.69, 9.17) is 27.9 Å². The van der Waals surface area contributed by atoms with Gasteiger partial charge < -0.3 is 9.64 Å². The summed E-state index contributed by atoms with van der Waals surface area (Å²) in [6.45, 7) is 2.65. The van der Waals surface area contributed by atoms with E-state index in [1.165, 1.54) is 0 Å². The van der Waals surface area contributed by atoms with Crippen LogP contribution in [-0.2, 0) is 6.54 Å². The molecule has 3 rings (SSSR count). The van der Waals surface area contributed by atoms with E-state index in [2.05, 4.69) is 26.8 Å². The molecule has 2 aromatic rings. The molecule has 25 heavy (non-hydrogen) atoms. The number of methoxy groups -OCH3 is 1. The van der Waals surface area contributed by atoms with Gasteiger partial charge in [0.15, 0.2) is 0 Å². The van der Waals surface area contributed by atoms with Gasteiger partial charge >= 0.3 is 0 Å². The number of piperidine rings is 1. The number of aromatic nitrogens is 2. The standard InChI is InChI=1S/C18H22Cl2N4O/c1-23(11-14-15(19)4-3-5-16(14)20)13-6-8-24(9-7-13)17-10-18(25-2)22-12-21-17/h3-5,10,12-13H,6-9,11H2,1-2H3. The fourth-order valence-electron chi connectivity index (χ4n) is 3.21. The molecular formula is C18H22Cl2N4O. The van der Waals surface area contributed by atoms with E-state index >= 15 is 0 Å². The van der Waals surface area contributed by atoms with Gasteiger partial charge in [-0.1, -0.05) is 29.3 Å². The molecule has 2 heterocycles. The van der Waals surface area contributed by atoms with Crippen LogP contribution in [0.3, 0.4) is 0 Å². The zero-order chi connectivity index (χ0) is 17.8. The minimum Gasteiger partial charge on any atom is -0.481 e. The Morgan fingerprint density at radius 2 is 1.88 bits per heavy atom. The molecule has 0 amide bonds. The summed E-state index contributed by atoms with van der Waals surface area (Å²) >= 11 is 12.6. The zero-order valence-electron chi connectivity index (χ0n) is 14.5. The lowest BCUT2D eigenvalue weighted by molar-refractivity contribution is 0.200. The summed E-state index contributed by atoms with van der Waals surface area (Å²) in [7, 11) is 3.75. The van der Waals surface area contributed by atoms with Crippen molar-refractivity contribution < 1.29 is 4.74 Å². The smallest absolute Gasteiger partial charge is 0.218 e. The van der Waals surface area contributed by atoms with Gasteiger partial charge in [0, 0.05) is 47.4 Å². The molecule has 0 radical (unpaired) electrons. The maximum Gasteiger partial charge on any atom is 0.218 e. The summed E-state index contributed by atoms with van der Waals surface area (Å²) < 4.78 is 5.18. The van der Waals surface area contributed by atoms with Gasteiger partial charge in [-0.05, 0) is 32.0 Å². The van der Waals surface area contributed by atoms with Crippen LogP contribution in [-0.4, -0.2) is 48.2 Å². The molecule has 1 fully saturated rings. The summed E-state index contributed by atoms with van der Waals surface area (Å²) in [5, 5.41) is 1.45. The molecular weight excluding hydrogens is 359 g/mol. The van der Waals surface area contributed by atoms with Gasteiger partial charge in [-0.2, -0.15) is 0 Å². The summed E-state index contributed by atoms with van der Waals surface area (Å²) in [5.74, 6) is 1.51. The highest BCUT2D eigenvalue weighted by molar-refractivity contribution is 6.35. The summed E-state index contributed by atoms with van der Waals surface area (Å²) in [6.07, 6.45) is 3.67. The molecule has 0 N–H and O–H groups in total. The lowest BCUT2D eigenvalue weighted by atomic mass is 10.0. The summed E-state index contributed by atoms with van der Waals surface area (Å²) in [4.78, 5) is 13.0. The first-order chi connectivity index (χ1) is 12.1. The summed E-state index contributed by atoms with van der Waals surface area (Å²) in [5.41, 5.74) is 0.997. The third-order valence-electron chi connectivity index (χ3n) is 4.72. The molecule has 1 saturated heterocycles. The van der Waals surface area contributed by atoms with Crippen molar-refractivity contribution in [2.24, 2.45) is 0 Å². The number of rotatable bonds is 5. The van der Waals surface area contributed by atoms with Gasteiger partial charge in [-0.25, -0.2) is 9.97 Å². The molecule has 1 aliphatic heterocycles. The molecule has 1 aromatic heterocycles. The van der Waals surface area contributed by atoms with Crippen molar-refractivity contribution in [1.82, 2.24) is 14.9 Å². The van der Waals surface area contributed by atoms with E-state index in [1.807, 2.05) is 24.3 Å². The van der Waals surface area contributed by atoms with Gasteiger partial charge in [0.25, 0.3) is 0 Å². The maximum absolute atomic E-state index is 6.30. The van der Waals surface area contributed by atoms with E-state index < -0.39 is 0 Å². The number of anilines is 1. The minimum atomic E-state index is 0.493. The highest BCUT2D eigenvalue weighted by Crippen LogP contribution is 2.28. The number of nitrogens with zero attached hydrogens (tertiary/aromatic N) is 4. The van der Waals surface area contributed by atoms with E-state index in [9.17, 15) is 0 Å². The van der Waals surface area contributed by atoms with Crippen LogP contribution in [0.4, 0.5) is 5.82 Å². The highest BCUT2D eigenvalue weighted by atomic mass is 35.5. The number of hydrogen-bond donors (Lipinski definition) is 0. The lowest BCUT2D eigenvalue weighted by Gasteiger charge is -2.37. The number of halogens is 2. The molecule has 0 atom stereocenters. The molecule has 134 valence electrons. The van der Waals surface area contributed by atoms with E-state index in [0.29, 0.717) is 11.9 Å². The van der Waals surface area contributed by atoms with E-state index in [0.717, 1.165) is 53.9 Å². The second-order valence-electron chi connectivity index (χ2n) is 6.25. The lowest BCUT2D eigenvalue weighted by Crippen LogP contribution is -2.43. The maximum atomic E-state index is 6.30. The van der Waals surface area contributed by atoms with Crippen LogP contribution in [0.15, 0.2) is 30.6 Å². The molecule has 0 spiro atoms. The SMILES string of the molecule is COc1cc(N2CCC(N(C)Cc3c(Cl)cccc3Cl)CC2)ncn1. The van der Waals surface area contributed by atoms with Crippen LogP contribution in [0.5, 0.6) is 5.88 Å². The quantitative estimate of drug-likeness (QED) is 0.786. The average molecular weight is 381 g/mol. The van der Waals surface area contributed by atoms with Crippen LogP contribution in [0.25, 0.3) is 0 Å². The molecule has 7 heteroatoms. The Bertz CT molecular complexity index is 700. The van der Waals surface area contributed by atoms with Gasteiger partial charge in [-0.3, -0.25) is 4.90 Å². The third kappa shape index (κ3) is 4.35. The van der Waals surface area contributed by atoms with Crippen molar-refractivity contribution in [3.8, 4) is 5.88 Å². The van der Waals surface area contributed by atoms with Crippen LogP contribution < -0.4 is 9.64 Å².